The molecule has 1 aromatic carbocycles. The summed E-state index contributed by atoms with van der Waals surface area (Å²) < 4.78 is 5.06. The number of amides is 1. The van der Waals surface area contributed by atoms with Crippen LogP contribution in [0.3, 0.4) is 0 Å². The van der Waals surface area contributed by atoms with Crippen LogP contribution in [0.1, 0.15) is 50.3 Å². The zero-order valence-corrected chi connectivity index (χ0v) is 20.0. The molecule has 1 aromatic heterocycles. The van der Waals surface area contributed by atoms with Crippen LogP contribution in [0.25, 0.3) is 0 Å². The number of amidine groups is 1. The first-order chi connectivity index (χ1) is 15.4. The number of hydrogen-bond acceptors (Lipinski definition) is 7. The Hall–Kier alpha value is -2.84. The number of benzene rings is 1. The van der Waals surface area contributed by atoms with Crippen LogP contribution >= 0.6 is 23.1 Å². The number of rotatable bonds is 6. The first kappa shape index (κ1) is 22.4. The van der Waals surface area contributed by atoms with Gasteiger partial charge in [-0.25, -0.2) is 9.79 Å². The predicted octanol–water partition coefficient (Wildman–Crippen LogP) is 5.65. The van der Waals surface area contributed by atoms with Gasteiger partial charge in [0.2, 0.25) is 5.91 Å². The molecule has 2 aliphatic heterocycles. The summed E-state index contributed by atoms with van der Waals surface area (Å²) in [6.45, 7) is 6.10. The van der Waals surface area contributed by atoms with Gasteiger partial charge in [-0.15, -0.1) is 0 Å². The highest BCUT2D eigenvalue weighted by atomic mass is 32.2. The van der Waals surface area contributed by atoms with Crippen LogP contribution in [0.5, 0.6) is 0 Å². The Kier molecular flexibility index (Phi) is 6.53. The molecule has 8 heteroatoms. The topological polar surface area (TPSA) is 71.0 Å². The first-order valence-corrected chi connectivity index (χ1v) is 12.2. The second-order valence-electron chi connectivity index (χ2n) is 7.94. The number of anilines is 1. The number of fused-ring (bicyclic) bond motifs is 1. The number of thiophene rings is 1. The van der Waals surface area contributed by atoms with E-state index in [0.717, 1.165) is 22.1 Å². The van der Waals surface area contributed by atoms with Gasteiger partial charge in [-0.2, -0.15) is 11.3 Å². The zero-order valence-electron chi connectivity index (χ0n) is 18.4. The average molecular weight is 468 g/mol. The molecule has 0 spiro atoms. The molecule has 1 atom stereocenters. The van der Waals surface area contributed by atoms with Gasteiger partial charge < -0.3 is 15.0 Å². The molecule has 2 aromatic rings. The molecule has 0 saturated heterocycles. The van der Waals surface area contributed by atoms with E-state index in [1.165, 1.54) is 24.4 Å². The van der Waals surface area contributed by atoms with Crippen molar-refractivity contribution in [1.82, 2.24) is 4.90 Å². The molecule has 1 amide bonds. The summed E-state index contributed by atoms with van der Waals surface area (Å²) in [4.78, 5) is 32.1. The standard InChI is InChI=1S/C24H25N3O3S2/c1-14(2)16-5-7-18(8-6-16)26-20(28)11-19-13-32-24-25-15(3)21(23(29)30-4)22(27(19)24)17-9-10-31-12-17/h5-10,12-14,22H,11H2,1-4H3,(H,26,28). The molecule has 0 bridgehead atoms. The number of carbonyl (C=O) groups excluding carboxylic acids is 2. The maximum Gasteiger partial charge on any atom is 0.338 e. The zero-order chi connectivity index (χ0) is 22.8. The molecule has 0 saturated carbocycles. The van der Waals surface area contributed by atoms with Crippen LogP contribution in [0.4, 0.5) is 5.69 Å². The number of nitrogens with zero attached hydrogens (tertiary/aromatic N) is 2. The van der Waals surface area contributed by atoms with E-state index in [4.69, 9.17) is 4.74 Å². The van der Waals surface area contributed by atoms with E-state index in [9.17, 15) is 9.59 Å². The van der Waals surface area contributed by atoms with E-state index < -0.39 is 5.97 Å². The van der Waals surface area contributed by atoms with Gasteiger partial charge in [0.1, 0.15) is 0 Å². The Morgan fingerprint density at radius 2 is 1.97 bits per heavy atom. The fraction of sp³-hybridized carbons (Fsp3) is 0.292. The highest BCUT2D eigenvalue weighted by molar-refractivity contribution is 8.16. The van der Waals surface area contributed by atoms with Crippen LogP contribution in [-0.4, -0.2) is 29.1 Å². The molecule has 0 radical (unpaired) electrons. The van der Waals surface area contributed by atoms with Crippen LogP contribution in [0.2, 0.25) is 0 Å². The Bertz CT molecular complexity index is 1120. The third-order valence-corrected chi connectivity index (χ3v) is 7.06. The molecule has 166 valence electrons. The number of ether oxygens (including phenoxy) is 1. The van der Waals surface area contributed by atoms with Gasteiger partial charge in [0, 0.05) is 11.4 Å². The van der Waals surface area contributed by atoms with E-state index in [2.05, 4.69) is 24.2 Å². The smallest absolute Gasteiger partial charge is 0.338 e. The Labute approximate surface area is 196 Å². The molecule has 0 fully saturated rings. The van der Waals surface area contributed by atoms with E-state index in [1.54, 1.807) is 11.3 Å². The predicted molar refractivity (Wildman–Crippen MR) is 131 cm³/mol. The van der Waals surface area contributed by atoms with Gasteiger partial charge >= 0.3 is 5.97 Å². The van der Waals surface area contributed by atoms with E-state index >= 15 is 0 Å². The van der Waals surface area contributed by atoms with Gasteiger partial charge in [-0.05, 0) is 58.3 Å². The number of allylic oxidation sites excluding steroid dienone is 1. The normalized spacial score (nSPS) is 17.8. The monoisotopic (exact) mass is 467 g/mol. The van der Waals surface area contributed by atoms with E-state index in [1.807, 2.05) is 58.3 Å². The van der Waals surface area contributed by atoms with Crippen molar-refractivity contribution < 1.29 is 14.3 Å². The lowest BCUT2D eigenvalue weighted by Gasteiger charge is -2.35. The highest BCUT2D eigenvalue weighted by Crippen LogP contribution is 2.45. The number of nitrogens with one attached hydrogen (secondary N) is 1. The van der Waals surface area contributed by atoms with Crippen molar-refractivity contribution in [3.05, 3.63) is 74.6 Å². The van der Waals surface area contributed by atoms with Crippen LogP contribution in [0.15, 0.2) is 68.5 Å². The molecule has 4 rings (SSSR count). The van der Waals surface area contributed by atoms with Crippen molar-refractivity contribution >= 4 is 45.8 Å². The summed E-state index contributed by atoms with van der Waals surface area (Å²) >= 11 is 3.03. The average Bonchev–Trinajstić information content (AvgIpc) is 3.43. The number of esters is 1. The maximum absolute atomic E-state index is 12.9. The van der Waals surface area contributed by atoms with Crippen molar-refractivity contribution in [2.75, 3.05) is 12.4 Å². The number of thioether (sulfide) groups is 1. The number of hydrogen-bond donors (Lipinski definition) is 1. The van der Waals surface area contributed by atoms with Gasteiger partial charge in [-0.1, -0.05) is 37.7 Å². The fourth-order valence-electron chi connectivity index (χ4n) is 3.81. The first-order valence-electron chi connectivity index (χ1n) is 10.3. The van der Waals surface area contributed by atoms with Crippen molar-refractivity contribution in [2.24, 2.45) is 4.99 Å². The van der Waals surface area contributed by atoms with Gasteiger partial charge in [0.25, 0.3) is 0 Å². The summed E-state index contributed by atoms with van der Waals surface area (Å²) in [5.74, 6) is -0.0930. The van der Waals surface area contributed by atoms with Gasteiger partial charge in [-0.3, -0.25) is 4.79 Å². The molecule has 0 aliphatic carbocycles. The molecule has 2 aliphatic rings. The third-order valence-electron chi connectivity index (χ3n) is 5.47. The quantitative estimate of drug-likeness (QED) is 0.556. The van der Waals surface area contributed by atoms with Gasteiger partial charge in [0.15, 0.2) is 5.17 Å². The minimum absolute atomic E-state index is 0.120. The number of methoxy groups -OCH3 is 1. The summed E-state index contributed by atoms with van der Waals surface area (Å²) in [6, 6.07) is 9.53. The highest BCUT2D eigenvalue weighted by Gasteiger charge is 2.41. The summed E-state index contributed by atoms with van der Waals surface area (Å²) in [5.41, 5.74) is 4.89. The lowest BCUT2D eigenvalue weighted by atomic mass is 9.96. The largest absolute Gasteiger partial charge is 0.466 e. The molecule has 6 nitrogen and oxygen atoms in total. The molecule has 32 heavy (non-hydrogen) atoms. The molecular formula is C24H25N3O3S2. The minimum atomic E-state index is -0.410. The summed E-state index contributed by atoms with van der Waals surface area (Å²) in [5, 5.41) is 9.67. The summed E-state index contributed by atoms with van der Waals surface area (Å²) in [6.07, 6.45) is 0.173. The Morgan fingerprint density at radius 1 is 1.22 bits per heavy atom. The lowest BCUT2D eigenvalue weighted by Crippen LogP contribution is -2.37. The van der Waals surface area contributed by atoms with Crippen LogP contribution in [0, 0.1) is 0 Å². The van der Waals surface area contributed by atoms with Crippen molar-refractivity contribution in [3.63, 3.8) is 0 Å². The van der Waals surface area contributed by atoms with Crippen LogP contribution in [-0.2, 0) is 14.3 Å². The molecular weight excluding hydrogens is 442 g/mol. The van der Waals surface area contributed by atoms with Gasteiger partial charge in [0.05, 0.1) is 30.8 Å². The fourth-order valence-corrected chi connectivity index (χ4v) is 5.45. The minimum Gasteiger partial charge on any atom is -0.466 e. The second-order valence-corrected chi connectivity index (χ2v) is 9.56. The SMILES string of the molecule is COC(=O)C1=C(C)N=C2SC=C(CC(=O)Nc3ccc(C(C)C)cc3)N2C1c1ccsc1. The Balaban J connectivity index is 1.57. The van der Waals surface area contributed by atoms with Crippen LogP contribution < -0.4 is 5.32 Å². The number of carbonyl (C=O) groups is 2. The van der Waals surface area contributed by atoms with Crippen molar-refractivity contribution in [2.45, 2.75) is 39.2 Å². The lowest BCUT2D eigenvalue weighted by molar-refractivity contribution is -0.136. The van der Waals surface area contributed by atoms with Crippen molar-refractivity contribution in [1.29, 1.82) is 0 Å². The number of aliphatic imine (C=N–C) groups is 1. The van der Waals surface area contributed by atoms with Crippen molar-refractivity contribution in [3.8, 4) is 0 Å². The second kappa shape index (κ2) is 9.34. The molecule has 1 unspecified atom stereocenters. The third kappa shape index (κ3) is 4.38. The molecule has 1 N–H and O–H groups in total. The maximum atomic E-state index is 12.9. The Morgan fingerprint density at radius 3 is 2.59 bits per heavy atom. The summed E-state index contributed by atoms with van der Waals surface area (Å²) in [7, 11) is 1.38. The molecule has 3 heterocycles. The van der Waals surface area contributed by atoms with E-state index in [-0.39, 0.29) is 18.4 Å². The van der Waals surface area contributed by atoms with E-state index in [0.29, 0.717) is 17.2 Å².